The van der Waals surface area contributed by atoms with E-state index in [1.165, 1.54) is 25.7 Å². The Morgan fingerprint density at radius 1 is 1.15 bits per heavy atom. The zero-order chi connectivity index (χ0) is 15.2. The fourth-order valence-electron chi connectivity index (χ4n) is 2.18. The molecule has 1 rings (SSSR count). The molecule has 0 radical (unpaired) electrons. The van der Waals surface area contributed by atoms with Crippen LogP contribution >= 0.6 is 0 Å². The van der Waals surface area contributed by atoms with Crippen LogP contribution in [0, 0.1) is 12.3 Å². The number of nitrogens with two attached hydrogens (primary N) is 1. The molecule has 1 heterocycles. The Morgan fingerprint density at radius 2 is 1.85 bits per heavy atom. The molecule has 0 fully saturated rings. The summed E-state index contributed by atoms with van der Waals surface area (Å²) in [5.74, 6) is 2.28. The Labute approximate surface area is 123 Å². The molecule has 0 saturated heterocycles. The van der Waals surface area contributed by atoms with E-state index in [9.17, 15) is 0 Å². The minimum atomic E-state index is 0.272. The molecule has 3 N–H and O–H groups in total. The second-order valence-electron chi connectivity index (χ2n) is 6.33. The molecule has 114 valence electrons. The predicted molar refractivity (Wildman–Crippen MR) is 87.0 cm³/mol. The molecule has 0 saturated carbocycles. The van der Waals surface area contributed by atoms with Crippen LogP contribution in [0.2, 0.25) is 0 Å². The van der Waals surface area contributed by atoms with Gasteiger partial charge in [-0.2, -0.15) is 0 Å². The first-order valence-corrected chi connectivity index (χ1v) is 7.76. The normalized spacial score (nSPS) is 11.7. The number of hydrogen-bond donors (Lipinski definition) is 2. The fourth-order valence-corrected chi connectivity index (χ4v) is 2.18. The van der Waals surface area contributed by atoms with Gasteiger partial charge in [0.1, 0.15) is 17.5 Å². The number of rotatable bonds is 8. The average Bonchev–Trinajstić information content (AvgIpc) is 2.40. The van der Waals surface area contributed by atoms with Crippen LogP contribution < -0.4 is 11.1 Å². The van der Waals surface area contributed by atoms with Crippen LogP contribution in [0.3, 0.4) is 0 Å². The molecule has 1 aromatic rings. The van der Waals surface area contributed by atoms with E-state index in [0.717, 1.165) is 30.2 Å². The molecule has 0 bridgehead atoms. The van der Waals surface area contributed by atoms with Crippen molar-refractivity contribution in [3.05, 3.63) is 11.4 Å². The van der Waals surface area contributed by atoms with E-state index in [2.05, 4.69) is 36.1 Å². The Morgan fingerprint density at radius 3 is 2.45 bits per heavy atom. The van der Waals surface area contributed by atoms with E-state index in [1.54, 1.807) is 0 Å². The molecule has 0 amide bonds. The Bertz CT molecular complexity index is 427. The summed E-state index contributed by atoms with van der Waals surface area (Å²) in [4.78, 5) is 8.83. The maximum atomic E-state index is 5.94. The molecule has 0 atom stereocenters. The van der Waals surface area contributed by atoms with Gasteiger partial charge >= 0.3 is 0 Å². The van der Waals surface area contributed by atoms with Crippen molar-refractivity contribution in [2.24, 2.45) is 5.41 Å². The van der Waals surface area contributed by atoms with Crippen molar-refractivity contribution in [1.29, 1.82) is 0 Å². The standard InChI is InChI=1S/C16H30N4/c1-6-8-9-10-16(4,5)11-18-15-12(3)14(17)19-13(7-2)20-15/h6-11H2,1-5H3,(H3,17,18,19,20). The van der Waals surface area contributed by atoms with E-state index in [1.807, 2.05) is 13.8 Å². The van der Waals surface area contributed by atoms with E-state index in [0.29, 0.717) is 5.82 Å². The third-order valence-corrected chi connectivity index (χ3v) is 3.74. The zero-order valence-corrected chi connectivity index (χ0v) is 13.7. The van der Waals surface area contributed by atoms with Crippen LogP contribution in [0.1, 0.15) is 64.8 Å². The van der Waals surface area contributed by atoms with Gasteiger partial charge in [0.2, 0.25) is 0 Å². The average molecular weight is 278 g/mol. The van der Waals surface area contributed by atoms with E-state index >= 15 is 0 Å². The molecule has 0 spiro atoms. The van der Waals surface area contributed by atoms with Crippen molar-refractivity contribution in [3.8, 4) is 0 Å². The van der Waals surface area contributed by atoms with Gasteiger partial charge in [0.25, 0.3) is 0 Å². The summed E-state index contributed by atoms with van der Waals surface area (Å²) in [6.07, 6.45) is 5.90. The second kappa shape index (κ2) is 7.46. The molecule has 1 aromatic heterocycles. The first kappa shape index (κ1) is 16.7. The number of nitrogens with one attached hydrogen (secondary N) is 1. The van der Waals surface area contributed by atoms with Gasteiger partial charge in [-0.3, -0.25) is 0 Å². The van der Waals surface area contributed by atoms with Gasteiger partial charge in [-0.05, 0) is 18.8 Å². The van der Waals surface area contributed by atoms with Crippen molar-refractivity contribution in [3.63, 3.8) is 0 Å². The number of anilines is 2. The van der Waals surface area contributed by atoms with Gasteiger partial charge in [0, 0.05) is 18.5 Å². The van der Waals surface area contributed by atoms with E-state index in [-0.39, 0.29) is 5.41 Å². The van der Waals surface area contributed by atoms with Crippen LogP contribution in [0.4, 0.5) is 11.6 Å². The van der Waals surface area contributed by atoms with Crippen LogP contribution in [0.5, 0.6) is 0 Å². The van der Waals surface area contributed by atoms with Crippen molar-refractivity contribution < 1.29 is 0 Å². The van der Waals surface area contributed by atoms with Crippen molar-refractivity contribution in [1.82, 2.24) is 9.97 Å². The van der Waals surface area contributed by atoms with Gasteiger partial charge in [-0.1, -0.05) is 47.0 Å². The number of hydrogen-bond acceptors (Lipinski definition) is 4. The lowest BCUT2D eigenvalue weighted by atomic mass is 9.87. The molecule has 4 nitrogen and oxygen atoms in total. The number of nitrogen functional groups attached to an aromatic ring is 1. The first-order valence-electron chi connectivity index (χ1n) is 7.76. The summed E-state index contributed by atoms with van der Waals surface area (Å²) < 4.78 is 0. The summed E-state index contributed by atoms with van der Waals surface area (Å²) >= 11 is 0. The lowest BCUT2D eigenvalue weighted by Gasteiger charge is -2.26. The van der Waals surface area contributed by atoms with Crippen molar-refractivity contribution in [2.75, 3.05) is 17.6 Å². The predicted octanol–water partition coefficient (Wildman–Crippen LogP) is 3.95. The Kier molecular flexibility index (Phi) is 6.24. The first-order chi connectivity index (χ1) is 9.39. The molecular weight excluding hydrogens is 248 g/mol. The van der Waals surface area contributed by atoms with E-state index < -0.39 is 0 Å². The number of aryl methyl sites for hydroxylation is 1. The van der Waals surface area contributed by atoms with Gasteiger partial charge in [-0.15, -0.1) is 0 Å². The van der Waals surface area contributed by atoms with Gasteiger partial charge in [0.05, 0.1) is 0 Å². The highest BCUT2D eigenvalue weighted by atomic mass is 15.1. The molecule has 0 aliphatic rings. The fraction of sp³-hybridized carbons (Fsp3) is 0.750. The minimum absolute atomic E-state index is 0.272. The quantitative estimate of drug-likeness (QED) is 0.707. The number of aromatic nitrogens is 2. The Balaban J connectivity index is 2.66. The summed E-state index contributed by atoms with van der Waals surface area (Å²) in [7, 11) is 0. The van der Waals surface area contributed by atoms with Gasteiger partial charge in [-0.25, -0.2) is 9.97 Å². The van der Waals surface area contributed by atoms with Gasteiger partial charge < -0.3 is 11.1 Å². The van der Waals surface area contributed by atoms with E-state index in [4.69, 9.17) is 5.73 Å². The highest BCUT2D eigenvalue weighted by Gasteiger charge is 2.18. The van der Waals surface area contributed by atoms with Crippen LogP contribution in [0.15, 0.2) is 0 Å². The largest absolute Gasteiger partial charge is 0.383 e. The van der Waals surface area contributed by atoms with Crippen LogP contribution in [-0.2, 0) is 6.42 Å². The molecule has 0 aliphatic carbocycles. The smallest absolute Gasteiger partial charge is 0.134 e. The molecular formula is C16H30N4. The maximum absolute atomic E-state index is 5.94. The van der Waals surface area contributed by atoms with Crippen LogP contribution in [0.25, 0.3) is 0 Å². The third-order valence-electron chi connectivity index (χ3n) is 3.74. The van der Waals surface area contributed by atoms with Crippen LogP contribution in [-0.4, -0.2) is 16.5 Å². The third kappa shape index (κ3) is 4.99. The molecule has 0 unspecified atom stereocenters. The maximum Gasteiger partial charge on any atom is 0.134 e. The van der Waals surface area contributed by atoms with Crippen molar-refractivity contribution >= 4 is 11.6 Å². The molecule has 0 aliphatic heterocycles. The second-order valence-corrected chi connectivity index (χ2v) is 6.33. The SMILES string of the molecule is CCCCCC(C)(C)CNc1nc(CC)nc(N)c1C. The lowest BCUT2D eigenvalue weighted by Crippen LogP contribution is -2.24. The van der Waals surface area contributed by atoms with Crippen molar-refractivity contribution in [2.45, 2.75) is 66.7 Å². The molecule has 4 heteroatoms. The molecule has 20 heavy (non-hydrogen) atoms. The Hall–Kier alpha value is -1.32. The lowest BCUT2D eigenvalue weighted by molar-refractivity contribution is 0.342. The summed E-state index contributed by atoms with van der Waals surface area (Å²) in [5, 5.41) is 3.46. The number of nitrogens with zero attached hydrogens (tertiary/aromatic N) is 2. The monoisotopic (exact) mass is 278 g/mol. The molecule has 0 aromatic carbocycles. The number of unbranched alkanes of at least 4 members (excludes halogenated alkanes) is 2. The van der Waals surface area contributed by atoms with Gasteiger partial charge in [0.15, 0.2) is 0 Å². The summed E-state index contributed by atoms with van der Waals surface area (Å²) in [6, 6.07) is 0. The topological polar surface area (TPSA) is 63.8 Å². The zero-order valence-electron chi connectivity index (χ0n) is 13.7. The highest BCUT2D eigenvalue weighted by Crippen LogP contribution is 2.25. The summed E-state index contributed by atoms with van der Waals surface area (Å²) in [5.41, 5.74) is 7.17. The highest BCUT2D eigenvalue weighted by molar-refractivity contribution is 5.54. The minimum Gasteiger partial charge on any atom is -0.383 e. The summed E-state index contributed by atoms with van der Waals surface area (Å²) in [6.45, 7) is 11.8.